The molecular weight excluding hydrogens is 940 g/mol. The van der Waals surface area contributed by atoms with Crippen LogP contribution in [0.4, 0.5) is 37.7 Å². The fourth-order valence-electron chi connectivity index (χ4n) is 5.34. The quantitative estimate of drug-likeness (QED) is 0.0941. The zero-order valence-electron chi connectivity index (χ0n) is 30.3. The second-order valence-electron chi connectivity index (χ2n) is 12.7. The number of sulfonamides is 1. The summed E-state index contributed by atoms with van der Waals surface area (Å²) in [6.45, 7) is 2.39. The molecule has 2 atom stereocenters. The number of likely N-dealkylation sites (tertiary alicyclic amines) is 1. The standard InChI is InChI=1S/C18H16Cl2F3N3O2.C13H7Cl2F3N2O4S.C4H9NO.ClH/c19-11-6-15(16(25-8-11)17(28)26-4-3-12(27)9-26)24-7-10-1-2-14(20)13(5-10)18(21,22)23;14-6-3-10(11(12(21)22)19-5-6)20-25(23,24)7-1-2-9(15)8(4-7)13(16,17)18;6-4-1-2-5-3-4;/h1-2,5-6,8,12,24,27H,3-4,7,9H2;1-5,20H,(H,21,22);4-6H,1-3H2;1H. The van der Waals surface area contributed by atoms with Crippen molar-refractivity contribution in [3.8, 4) is 0 Å². The number of carbonyl (C=O) groups excluding carboxylic acids is 1. The maximum Gasteiger partial charge on any atom is 0.417 e. The maximum atomic E-state index is 13.0. The van der Waals surface area contributed by atoms with Crippen LogP contribution < -0.4 is 15.4 Å². The van der Waals surface area contributed by atoms with Crippen LogP contribution in [0.3, 0.4) is 0 Å². The zero-order valence-corrected chi connectivity index (χ0v) is 34.9. The van der Waals surface area contributed by atoms with Gasteiger partial charge in [-0.05, 0) is 67.4 Å². The molecule has 4 aromatic rings. The van der Waals surface area contributed by atoms with Crippen LogP contribution in [0.1, 0.15) is 50.5 Å². The summed E-state index contributed by atoms with van der Waals surface area (Å²) in [7, 11) is -4.56. The smallest absolute Gasteiger partial charge is 0.417 e. The Morgan fingerprint density at radius 2 is 1.38 bits per heavy atom. The largest absolute Gasteiger partial charge is 0.476 e. The van der Waals surface area contributed by atoms with E-state index in [1.54, 1.807) is 0 Å². The average Bonchev–Trinajstić information content (AvgIpc) is 3.81. The van der Waals surface area contributed by atoms with Crippen molar-refractivity contribution in [2.45, 2.75) is 48.8 Å². The molecule has 4 heterocycles. The molecule has 2 unspecified atom stereocenters. The maximum absolute atomic E-state index is 13.0. The third kappa shape index (κ3) is 14.1. The van der Waals surface area contributed by atoms with Crippen LogP contribution in [0.25, 0.3) is 0 Å². The minimum Gasteiger partial charge on any atom is -0.476 e. The van der Waals surface area contributed by atoms with Crippen molar-refractivity contribution >= 4 is 92.1 Å². The van der Waals surface area contributed by atoms with Crippen LogP contribution >= 0.6 is 58.8 Å². The number of carboxylic acids is 1. The number of carboxylic acid groups (broad SMARTS) is 1. The Balaban J connectivity index is 0.000000278. The van der Waals surface area contributed by atoms with Gasteiger partial charge in [-0.1, -0.05) is 52.5 Å². The Bertz CT molecular complexity index is 2270. The molecule has 60 heavy (non-hydrogen) atoms. The molecule has 2 fully saturated rings. The molecule has 25 heteroatoms. The number of aliphatic hydroxyl groups excluding tert-OH is 2. The van der Waals surface area contributed by atoms with Crippen LogP contribution in [-0.2, 0) is 28.9 Å². The number of benzene rings is 2. The van der Waals surface area contributed by atoms with Crippen LogP contribution in [0, 0.1) is 0 Å². The lowest BCUT2D eigenvalue weighted by atomic mass is 10.1. The summed E-state index contributed by atoms with van der Waals surface area (Å²) in [5, 5.41) is 32.4. The van der Waals surface area contributed by atoms with Crippen molar-refractivity contribution in [1.29, 1.82) is 0 Å². The first-order chi connectivity index (χ1) is 27.5. The number of nitrogens with zero attached hydrogens (tertiary/aromatic N) is 3. The number of carbonyl (C=O) groups is 2. The van der Waals surface area contributed by atoms with E-state index in [1.165, 1.54) is 29.3 Å². The van der Waals surface area contributed by atoms with E-state index >= 15 is 0 Å². The van der Waals surface area contributed by atoms with Crippen molar-refractivity contribution in [2.24, 2.45) is 0 Å². The van der Waals surface area contributed by atoms with Crippen LogP contribution in [0.15, 0.2) is 65.8 Å². The van der Waals surface area contributed by atoms with E-state index in [9.17, 15) is 49.5 Å². The topological polar surface area (TPSA) is 194 Å². The summed E-state index contributed by atoms with van der Waals surface area (Å²) in [5.74, 6) is -1.94. The van der Waals surface area contributed by atoms with E-state index in [2.05, 4.69) is 20.6 Å². The Labute approximate surface area is 364 Å². The van der Waals surface area contributed by atoms with Crippen molar-refractivity contribution in [1.82, 2.24) is 20.2 Å². The minimum atomic E-state index is -4.87. The number of hydrogen-bond acceptors (Lipinski definition) is 10. The van der Waals surface area contributed by atoms with Crippen molar-refractivity contribution in [2.75, 3.05) is 36.2 Å². The van der Waals surface area contributed by atoms with Gasteiger partial charge in [-0.25, -0.2) is 23.2 Å². The first-order valence-electron chi connectivity index (χ1n) is 16.9. The van der Waals surface area contributed by atoms with Gasteiger partial charge in [0.05, 0.1) is 59.7 Å². The summed E-state index contributed by atoms with van der Waals surface area (Å²) in [5.41, 5.74) is -2.74. The molecule has 2 aromatic carbocycles. The molecule has 0 spiro atoms. The highest BCUT2D eigenvalue weighted by Gasteiger charge is 2.35. The van der Waals surface area contributed by atoms with Crippen molar-refractivity contribution in [3.05, 3.63) is 109 Å². The van der Waals surface area contributed by atoms with Crippen molar-refractivity contribution < 1.29 is 59.7 Å². The number of β-amino-alcohol motifs (C(OH)–C–C–N with tert-alkyl or cyclic N) is 2. The molecule has 13 nitrogen and oxygen atoms in total. The van der Waals surface area contributed by atoms with E-state index in [4.69, 9.17) is 56.6 Å². The molecule has 0 saturated carbocycles. The predicted octanol–water partition coefficient (Wildman–Crippen LogP) is 7.89. The number of rotatable bonds is 8. The van der Waals surface area contributed by atoms with Gasteiger partial charge in [0.25, 0.3) is 15.9 Å². The molecular formula is C35H33Cl5F6N6O7S. The molecule has 328 valence electrons. The number of pyridine rings is 2. The normalized spacial score (nSPS) is 16.4. The highest BCUT2D eigenvalue weighted by Crippen LogP contribution is 2.37. The van der Waals surface area contributed by atoms with E-state index in [0.717, 1.165) is 50.0 Å². The summed E-state index contributed by atoms with van der Waals surface area (Å²) < 4.78 is 104. The van der Waals surface area contributed by atoms with E-state index in [0.29, 0.717) is 30.3 Å². The lowest BCUT2D eigenvalue weighted by Crippen LogP contribution is -2.31. The number of aromatic nitrogens is 2. The summed E-state index contributed by atoms with van der Waals surface area (Å²) in [6, 6.07) is 7.99. The van der Waals surface area contributed by atoms with Gasteiger partial charge in [-0.15, -0.1) is 12.4 Å². The van der Waals surface area contributed by atoms with Crippen molar-refractivity contribution in [3.63, 3.8) is 0 Å². The summed E-state index contributed by atoms with van der Waals surface area (Å²) in [4.78, 5) is 32.0. The Hall–Kier alpha value is -3.86. The molecule has 6 N–H and O–H groups in total. The van der Waals surface area contributed by atoms with Gasteiger partial charge in [0.1, 0.15) is 0 Å². The number of aliphatic hydroxyl groups is 2. The minimum absolute atomic E-state index is 0. The van der Waals surface area contributed by atoms with Gasteiger partial charge in [0, 0.05) is 38.6 Å². The van der Waals surface area contributed by atoms with Gasteiger partial charge >= 0.3 is 18.3 Å². The second kappa shape index (κ2) is 21.3. The summed E-state index contributed by atoms with van der Waals surface area (Å²) >= 11 is 22.7. The number of halogens is 11. The second-order valence-corrected chi connectivity index (χ2v) is 16.0. The Kier molecular flexibility index (Phi) is 17.9. The van der Waals surface area contributed by atoms with Gasteiger partial charge < -0.3 is 30.9 Å². The van der Waals surface area contributed by atoms with E-state index < -0.39 is 66.9 Å². The van der Waals surface area contributed by atoms with Crippen LogP contribution in [-0.4, -0.2) is 88.9 Å². The molecule has 0 bridgehead atoms. The SMILES string of the molecule is Cl.O=C(O)c1ncc(Cl)cc1NS(=O)(=O)c1ccc(Cl)c(C(F)(F)F)c1.O=C(c1ncc(Cl)cc1NCc1ccc(Cl)c(C(F)(F)F)c1)N1CCC(O)C1.OC1CCNC1. The zero-order chi connectivity index (χ0) is 43.9. The monoisotopic (exact) mass is 970 g/mol. The van der Waals surface area contributed by atoms with E-state index in [-0.39, 0.29) is 58.3 Å². The van der Waals surface area contributed by atoms with Crippen LogP contribution in [0.2, 0.25) is 20.1 Å². The molecule has 6 rings (SSSR count). The van der Waals surface area contributed by atoms with Gasteiger partial charge in [0.2, 0.25) is 0 Å². The predicted molar refractivity (Wildman–Crippen MR) is 214 cm³/mol. The number of amides is 1. The molecule has 2 aromatic heterocycles. The molecule has 2 saturated heterocycles. The number of alkyl halides is 6. The average molecular weight is 973 g/mol. The molecule has 1 amide bonds. The molecule has 0 radical (unpaired) electrons. The third-order valence-corrected chi connectivity index (χ3v) is 10.7. The number of aromatic carboxylic acids is 1. The fourth-order valence-corrected chi connectivity index (χ4v) is 7.19. The lowest BCUT2D eigenvalue weighted by Gasteiger charge is -2.18. The lowest BCUT2D eigenvalue weighted by molar-refractivity contribution is -0.138. The van der Waals surface area contributed by atoms with Gasteiger partial charge in [-0.2, -0.15) is 26.3 Å². The van der Waals surface area contributed by atoms with Gasteiger partial charge in [0.15, 0.2) is 11.4 Å². The highest BCUT2D eigenvalue weighted by molar-refractivity contribution is 7.92. The third-order valence-electron chi connectivity index (χ3n) is 8.22. The molecule has 0 aliphatic carbocycles. The first kappa shape index (κ1) is 50.5. The van der Waals surface area contributed by atoms with Gasteiger partial charge in [-0.3, -0.25) is 9.52 Å². The summed E-state index contributed by atoms with van der Waals surface area (Å²) in [6.07, 6.45) is -6.38. The Morgan fingerprint density at radius 3 is 1.88 bits per heavy atom. The first-order valence-corrected chi connectivity index (χ1v) is 19.8. The highest BCUT2D eigenvalue weighted by atomic mass is 35.5. The Morgan fingerprint density at radius 1 is 0.817 bits per heavy atom. The fraction of sp³-hybridized carbons (Fsp3) is 0.314. The number of nitrogens with one attached hydrogen (secondary N) is 3. The number of anilines is 2. The molecule has 2 aliphatic heterocycles. The van der Waals surface area contributed by atoms with E-state index in [1.807, 2.05) is 4.72 Å². The molecule has 2 aliphatic rings. The number of hydrogen-bond donors (Lipinski definition) is 6. The van der Waals surface area contributed by atoms with Crippen LogP contribution in [0.5, 0.6) is 0 Å².